The van der Waals surface area contributed by atoms with E-state index in [4.69, 9.17) is 0 Å². The SMILES string of the molecule is CCCCC/C=C/CC1=NCCN1. The molecule has 0 fully saturated rings. The maximum absolute atomic E-state index is 4.32. The summed E-state index contributed by atoms with van der Waals surface area (Å²) in [5, 5.41) is 3.26. The van der Waals surface area contributed by atoms with Crippen LogP contribution in [0.25, 0.3) is 0 Å². The Hall–Kier alpha value is -0.790. The molecule has 2 nitrogen and oxygen atoms in total. The zero-order chi connectivity index (χ0) is 9.36. The standard InChI is InChI=1S/C11H20N2/c1-2-3-4-5-6-7-8-11-12-9-10-13-11/h6-7H,2-5,8-10H2,1H3,(H,12,13)/b7-6+. The van der Waals surface area contributed by atoms with Gasteiger partial charge in [-0.2, -0.15) is 0 Å². The van der Waals surface area contributed by atoms with Crippen molar-refractivity contribution in [3.05, 3.63) is 12.2 Å². The van der Waals surface area contributed by atoms with Gasteiger partial charge in [0.1, 0.15) is 5.84 Å². The Morgan fingerprint density at radius 2 is 2.31 bits per heavy atom. The minimum Gasteiger partial charge on any atom is -0.372 e. The molecule has 0 radical (unpaired) electrons. The molecule has 0 saturated carbocycles. The molecule has 0 aromatic heterocycles. The highest BCUT2D eigenvalue weighted by Crippen LogP contribution is 2.00. The number of rotatable bonds is 6. The Bertz CT molecular complexity index is 183. The van der Waals surface area contributed by atoms with Gasteiger partial charge in [0.05, 0.1) is 6.54 Å². The number of allylic oxidation sites excluding steroid dienone is 1. The number of hydrogen-bond acceptors (Lipinski definition) is 2. The summed E-state index contributed by atoms with van der Waals surface area (Å²) in [6, 6.07) is 0. The molecule has 1 rings (SSSR count). The second-order valence-corrected chi connectivity index (χ2v) is 3.43. The monoisotopic (exact) mass is 180 g/mol. The predicted octanol–water partition coefficient (Wildman–Crippen LogP) is 2.51. The number of nitrogens with one attached hydrogen (secondary N) is 1. The van der Waals surface area contributed by atoms with Crippen molar-refractivity contribution >= 4 is 5.84 Å². The van der Waals surface area contributed by atoms with Crippen LogP contribution < -0.4 is 5.32 Å². The van der Waals surface area contributed by atoms with Crippen LogP contribution >= 0.6 is 0 Å². The summed E-state index contributed by atoms with van der Waals surface area (Å²) in [5.74, 6) is 1.16. The zero-order valence-corrected chi connectivity index (χ0v) is 8.55. The highest BCUT2D eigenvalue weighted by atomic mass is 15.1. The molecule has 0 aromatic rings. The Labute approximate surface area is 81.1 Å². The molecule has 0 saturated heterocycles. The van der Waals surface area contributed by atoms with Gasteiger partial charge in [-0.15, -0.1) is 0 Å². The molecule has 0 unspecified atom stereocenters. The third kappa shape index (κ3) is 4.71. The minimum atomic E-state index is 0.957. The maximum atomic E-state index is 4.32. The highest BCUT2D eigenvalue weighted by molar-refractivity contribution is 5.84. The predicted molar refractivity (Wildman–Crippen MR) is 58.2 cm³/mol. The van der Waals surface area contributed by atoms with Crippen molar-refractivity contribution in [3.8, 4) is 0 Å². The fourth-order valence-corrected chi connectivity index (χ4v) is 1.41. The van der Waals surface area contributed by atoms with Gasteiger partial charge in [-0.25, -0.2) is 0 Å². The van der Waals surface area contributed by atoms with Crippen LogP contribution in [0, 0.1) is 0 Å². The van der Waals surface area contributed by atoms with Gasteiger partial charge in [0.15, 0.2) is 0 Å². The summed E-state index contributed by atoms with van der Waals surface area (Å²) < 4.78 is 0. The molecule has 1 N–H and O–H groups in total. The lowest BCUT2D eigenvalue weighted by molar-refractivity contribution is 0.728. The van der Waals surface area contributed by atoms with E-state index in [-0.39, 0.29) is 0 Å². The molecular formula is C11H20N2. The van der Waals surface area contributed by atoms with Crippen molar-refractivity contribution in [2.24, 2.45) is 4.99 Å². The molecule has 0 atom stereocenters. The largest absolute Gasteiger partial charge is 0.372 e. The van der Waals surface area contributed by atoms with Crippen LogP contribution in [0.2, 0.25) is 0 Å². The van der Waals surface area contributed by atoms with Crippen LogP contribution in [0.1, 0.15) is 39.0 Å². The number of unbranched alkanes of at least 4 members (excludes halogenated alkanes) is 3. The normalized spacial score (nSPS) is 16.2. The Kier molecular flexibility index (Phi) is 5.30. The van der Waals surface area contributed by atoms with Crippen LogP contribution in [0.15, 0.2) is 17.1 Å². The van der Waals surface area contributed by atoms with E-state index in [1.165, 1.54) is 25.7 Å². The van der Waals surface area contributed by atoms with Gasteiger partial charge in [-0.05, 0) is 12.8 Å². The average molecular weight is 180 g/mol. The fraction of sp³-hybridized carbons (Fsp3) is 0.727. The minimum absolute atomic E-state index is 0.957. The van der Waals surface area contributed by atoms with Gasteiger partial charge in [-0.3, -0.25) is 4.99 Å². The van der Waals surface area contributed by atoms with Gasteiger partial charge < -0.3 is 5.32 Å². The summed E-state index contributed by atoms with van der Waals surface area (Å²) in [6.45, 7) is 4.22. The second kappa shape index (κ2) is 6.70. The van der Waals surface area contributed by atoms with E-state index >= 15 is 0 Å². The smallest absolute Gasteiger partial charge is 0.100 e. The molecule has 0 bridgehead atoms. The van der Waals surface area contributed by atoms with E-state index in [1.54, 1.807) is 0 Å². The first-order valence-electron chi connectivity index (χ1n) is 5.35. The van der Waals surface area contributed by atoms with E-state index in [0.717, 1.165) is 25.3 Å². The van der Waals surface area contributed by atoms with Crippen molar-refractivity contribution < 1.29 is 0 Å². The molecule has 0 aromatic carbocycles. The molecule has 74 valence electrons. The van der Waals surface area contributed by atoms with E-state index < -0.39 is 0 Å². The lowest BCUT2D eigenvalue weighted by atomic mass is 10.2. The molecule has 1 aliphatic heterocycles. The van der Waals surface area contributed by atoms with Crippen LogP contribution in [-0.4, -0.2) is 18.9 Å². The number of hydrogen-bond donors (Lipinski definition) is 1. The van der Waals surface area contributed by atoms with Crippen molar-refractivity contribution in [3.63, 3.8) is 0 Å². The lowest BCUT2D eigenvalue weighted by Gasteiger charge is -1.96. The second-order valence-electron chi connectivity index (χ2n) is 3.43. The van der Waals surface area contributed by atoms with Gasteiger partial charge in [0.25, 0.3) is 0 Å². The van der Waals surface area contributed by atoms with Crippen molar-refractivity contribution in [1.82, 2.24) is 5.32 Å². The third-order valence-electron chi connectivity index (χ3n) is 2.20. The van der Waals surface area contributed by atoms with E-state index in [1.807, 2.05) is 0 Å². The molecule has 1 heterocycles. The molecule has 1 aliphatic rings. The molecule has 0 amide bonds. The van der Waals surface area contributed by atoms with E-state index in [9.17, 15) is 0 Å². The molecule has 0 spiro atoms. The van der Waals surface area contributed by atoms with Gasteiger partial charge in [-0.1, -0.05) is 31.9 Å². The van der Waals surface area contributed by atoms with Gasteiger partial charge in [0.2, 0.25) is 0 Å². The quantitative estimate of drug-likeness (QED) is 0.493. The number of nitrogens with zero attached hydrogens (tertiary/aromatic N) is 1. The Morgan fingerprint density at radius 3 is 3.00 bits per heavy atom. The van der Waals surface area contributed by atoms with Crippen molar-refractivity contribution in [1.29, 1.82) is 0 Å². The summed E-state index contributed by atoms with van der Waals surface area (Å²) in [6.07, 6.45) is 10.7. The van der Waals surface area contributed by atoms with Crippen molar-refractivity contribution in [2.75, 3.05) is 13.1 Å². The van der Waals surface area contributed by atoms with Crippen molar-refractivity contribution in [2.45, 2.75) is 39.0 Å². The first-order chi connectivity index (χ1) is 6.43. The number of aliphatic imine (C=N–C) groups is 1. The first kappa shape index (κ1) is 10.3. The highest BCUT2D eigenvalue weighted by Gasteiger charge is 2.00. The average Bonchev–Trinajstić information content (AvgIpc) is 2.63. The third-order valence-corrected chi connectivity index (χ3v) is 2.20. The van der Waals surface area contributed by atoms with Crippen LogP contribution in [0.5, 0.6) is 0 Å². The van der Waals surface area contributed by atoms with Gasteiger partial charge in [0, 0.05) is 13.0 Å². The molecule has 13 heavy (non-hydrogen) atoms. The van der Waals surface area contributed by atoms with Crippen LogP contribution in [0.4, 0.5) is 0 Å². The van der Waals surface area contributed by atoms with Crippen LogP contribution in [-0.2, 0) is 0 Å². The maximum Gasteiger partial charge on any atom is 0.100 e. The fourth-order valence-electron chi connectivity index (χ4n) is 1.41. The Balaban J connectivity index is 1.97. The summed E-state index contributed by atoms with van der Waals surface area (Å²) in [5.41, 5.74) is 0. The molecule has 2 heteroatoms. The van der Waals surface area contributed by atoms with E-state index in [2.05, 4.69) is 29.4 Å². The lowest BCUT2D eigenvalue weighted by Crippen LogP contribution is -2.17. The van der Waals surface area contributed by atoms with Gasteiger partial charge >= 0.3 is 0 Å². The van der Waals surface area contributed by atoms with Crippen LogP contribution in [0.3, 0.4) is 0 Å². The molecule has 0 aliphatic carbocycles. The molecular weight excluding hydrogens is 160 g/mol. The first-order valence-corrected chi connectivity index (χ1v) is 5.35. The summed E-state index contributed by atoms with van der Waals surface area (Å²) in [4.78, 5) is 4.32. The summed E-state index contributed by atoms with van der Waals surface area (Å²) in [7, 11) is 0. The zero-order valence-electron chi connectivity index (χ0n) is 8.55. The Morgan fingerprint density at radius 1 is 1.38 bits per heavy atom. The topological polar surface area (TPSA) is 24.4 Å². The number of amidine groups is 1. The summed E-state index contributed by atoms with van der Waals surface area (Å²) >= 11 is 0. The van der Waals surface area contributed by atoms with E-state index in [0.29, 0.717) is 0 Å².